The summed E-state index contributed by atoms with van der Waals surface area (Å²) in [5.74, 6) is 2.87. The number of nitrogens with one attached hydrogen (secondary N) is 1. The zero-order chi connectivity index (χ0) is 12.3. The van der Waals surface area contributed by atoms with Gasteiger partial charge in [-0.3, -0.25) is 0 Å². The van der Waals surface area contributed by atoms with E-state index < -0.39 is 0 Å². The van der Waals surface area contributed by atoms with E-state index in [-0.39, 0.29) is 0 Å². The molecule has 1 heterocycles. The Morgan fingerprint density at radius 2 is 2.00 bits per heavy atom. The van der Waals surface area contributed by atoms with Crippen LogP contribution < -0.4 is 5.32 Å². The second-order valence-corrected chi connectivity index (χ2v) is 8.52. The summed E-state index contributed by atoms with van der Waals surface area (Å²) in [7, 11) is 2.17. The zero-order valence-corrected chi connectivity index (χ0v) is 13.2. The lowest BCUT2D eigenvalue weighted by molar-refractivity contribution is -0.0311. The Labute approximate surface area is 121 Å². The Morgan fingerprint density at radius 1 is 1.28 bits per heavy atom. The van der Waals surface area contributed by atoms with Crippen molar-refractivity contribution in [2.75, 3.05) is 7.05 Å². The Kier molecular flexibility index (Phi) is 2.69. The van der Waals surface area contributed by atoms with Crippen molar-refractivity contribution in [3.05, 3.63) is 20.8 Å². The van der Waals surface area contributed by atoms with Gasteiger partial charge in [-0.2, -0.15) is 0 Å². The maximum Gasteiger partial charge on any atom is 0.0285 e. The normalized spacial score (nSPS) is 45.7. The Balaban J connectivity index is 1.72. The van der Waals surface area contributed by atoms with Gasteiger partial charge in [0.2, 0.25) is 0 Å². The van der Waals surface area contributed by atoms with Gasteiger partial charge in [-0.15, -0.1) is 11.3 Å². The van der Waals surface area contributed by atoms with Gasteiger partial charge >= 0.3 is 0 Å². The second kappa shape index (κ2) is 4.07. The molecule has 0 saturated heterocycles. The van der Waals surface area contributed by atoms with Gasteiger partial charge < -0.3 is 5.32 Å². The molecule has 4 fully saturated rings. The molecule has 0 aliphatic heterocycles. The van der Waals surface area contributed by atoms with E-state index in [0.29, 0.717) is 5.41 Å². The third-order valence-electron chi connectivity index (χ3n) is 5.70. The summed E-state index contributed by atoms with van der Waals surface area (Å²) in [5.41, 5.74) is 0.542. The molecule has 4 bridgehead atoms. The van der Waals surface area contributed by atoms with Crippen molar-refractivity contribution in [2.45, 2.75) is 43.6 Å². The first-order valence-electron chi connectivity index (χ1n) is 7.12. The van der Waals surface area contributed by atoms with Gasteiger partial charge in [-0.1, -0.05) is 0 Å². The van der Waals surface area contributed by atoms with Gasteiger partial charge in [0.05, 0.1) is 0 Å². The molecule has 4 saturated carbocycles. The summed E-state index contributed by atoms with van der Waals surface area (Å²) in [6, 6.07) is 3.20. The predicted octanol–water partition coefficient (Wildman–Crippen LogP) is 4.18. The fourth-order valence-corrected chi connectivity index (χ4v) is 7.05. The van der Waals surface area contributed by atoms with Crippen LogP contribution in [0.4, 0.5) is 0 Å². The average molecular weight is 326 g/mol. The highest BCUT2D eigenvalue weighted by molar-refractivity contribution is 9.10. The van der Waals surface area contributed by atoms with Crippen LogP contribution in [0.1, 0.15) is 37.0 Å². The van der Waals surface area contributed by atoms with E-state index in [4.69, 9.17) is 0 Å². The van der Waals surface area contributed by atoms with E-state index in [9.17, 15) is 0 Å². The summed E-state index contributed by atoms with van der Waals surface area (Å²) in [5, 5.41) is 5.88. The lowest BCUT2D eigenvalue weighted by atomic mass is 9.47. The van der Waals surface area contributed by atoms with Gasteiger partial charge in [0.25, 0.3) is 0 Å². The van der Waals surface area contributed by atoms with Crippen molar-refractivity contribution in [1.82, 2.24) is 5.32 Å². The summed E-state index contributed by atoms with van der Waals surface area (Å²) < 4.78 is 1.28. The first-order valence-corrected chi connectivity index (χ1v) is 8.79. The van der Waals surface area contributed by atoms with E-state index in [1.54, 1.807) is 4.88 Å². The monoisotopic (exact) mass is 325 g/mol. The van der Waals surface area contributed by atoms with E-state index in [2.05, 4.69) is 39.7 Å². The van der Waals surface area contributed by atoms with Crippen LogP contribution in [0, 0.1) is 17.8 Å². The molecule has 5 rings (SSSR count). The molecular weight excluding hydrogens is 306 g/mol. The summed E-state index contributed by atoms with van der Waals surface area (Å²) in [6.07, 6.45) is 7.28. The highest BCUT2D eigenvalue weighted by atomic mass is 79.9. The van der Waals surface area contributed by atoms with Crippen molar-refractivity contribution in [1.29, 1.82) is 0 Å². The SMILES string of the molecule is CNC1C2CC3CC1CC(c1cc(Br)cs1)(C3)C2. The average Bonchev–Trinajstić information content (AvgIpc) is 2.76. The molecule has 18 heavy (non-hydrogen) atoms. The Hall–Kier alpha value is 0.140. The van der Waals surface area contributed by atoms with Crippen LogP contribution in [0.3, 0.4) is 0 Å². The number of thiophene rings is 1. The minimum Gasteiger partial charge on any atom is -0.316 e. The molecule has 1 aromatic rings. The van der Waals surface area contributed by atoms with Gasteiger partial charge in [0, 0.05) is 26.2 Å². The molecule has 2 unspecified atom stereocenters. The number of halogens is 1. The van der Waals surface area contributed by atoms with E-state index in [1.165, 1.54) is 36.6 Å². The highest BCUT2D eigenvalue weighted by Crippen LogP contribution is 2.61. The smallest absolute Gasteiger partial charge is 0.0285 e. The highest BCUT2D eigenvalue weighted by Gasteiger charge is 2.55. The van der Waals surface area contributed by atoms with Crippen molar-refractivity contribution in [3.8, 4) is 0 Å². The maximum atomic E-state index is 3.64. The molecular formula is C15H20BrNS. The minimum absolute atomic E-state index is 0.542. The van der Waals surface area contributed by atoms with Crippen molar-refractivity contribution in [3.63, 3.8) is 0 Å². The molecule has 0 amide bonds. The Bertz CT molecular complexity index is 453. The summed E-state index contributed by atoms with van der Waals surface area (Å²) in [6.45, 7) is 0. The van der Waals surface area contributed by atoms with Crippen LogP contribution in [-0.4, -0.2) is 13.1 Å². The quantitative estimate of drug-likeness (QED) is 0.860. The molecule has 3 heteroatoms. The third-order valence-corrected chi connectivity index (χ3v) is 7.63. The van der Waals surface area contributed by atoms with Crippen LogP contribution in [0.2, 0.25) is 0 Å². The number of hydrogen-bond donors (Lipinski definition) is 1. The molecule has 0 radical (unpaired) electrons. The van der Waals surface area contributed by atoms with Gasteiger partial charge in [0.1, 0.15) is 0 Å². The van der Waals surface area contributed by atoms with Crippen molar-refractivity contribution < 1.29 is 0 Å². The fraction of sp³-hybridized carbons (Fsp3) is 0.733. The van der Waals surface area contributed by atoms with Gasteiger partial charge in [-0.25, -0.2) is 0 Å². The predicted molar refractivity (Wildman–Crippen MR) is 80.1 cm³/mol. The van der Waals surface area contributed by atoms with Gasteiger partial charge in [-0.05, 0) is 78.9 Å². The van der Waals surface area contributed by atoms with Gasteiger partial charge in [0.15, 0.2) is 0 Å². The first kappa shape index (κ1) is 11.9. The van der Waals surface area contributed by atoms with E-state index in [0.717, 1.165) is 23.8 Å². The molecule has 1 nitrogen and oxygen atoms in total. The van der Waals surface area contributed by atoms with Crippen LogP contribution >= 0.6 is 27.3 Å². The maximum absolute atomic E-state index is 3.64. The molecule has 2 atom stereocenters. The fourth-order valence-electron chi connectivity index (χ4n) is 5.39. The van der Waals surface area contributed by atoms with Crippen molar-refractivity contribution >= 4 is 27.3 Å². The number of hydrogen-bond acceptors (Lipinski definition) is 2. The standard InChI is InChI=1S/C15H20BrNS/c1-17-14-10-2-9-3-11(14)7-15(5-9,6-10)13-4-12(16)8-18-13/h4,8-11,14,17H,2-3,5-7H2,1H3. The topological polar surface area (TPSA) is 12.0 Å². The lowest BCUT2D eigenvalue weighted by Crippen LogP contribution is -2.58. The first-order chi connectivity index (χ1) is 8.70. The van der Waals surface area contributed by atoms with E-state index >= 15 is 0 Å². The molecule has 0 spiro atoms. The zero-order valence-electron chi connectivity index (χ0n) is 10.8. The van der Waals surface area contributed by atoms with Crippen molar-refractivity contribution in [2.24, 2.45) is 17.8 Å². The minimum atomic E-state index is 0.542. The van der Waals surface area contributed by atoms with Crippen LogP contribution in [-0.2, 0) is 5.41 Å². The third kappa shape index (κ3) is 1.60. The molecule has 0 aromatic carbocycles. The summed E-state index contributed by atoms with van der Waals surface area (Å²) >= 11 is 5.61. The van der Waals surface area contributed by atoms with Crippen LogP contribution in [0.5, 0.6) is 0 Å². The van der Waals surface area contributed by atoms with Crippen LogP contribution in [0.15, 0.2) is 15.9 Å². The number of rotatable bonds is 2. The largest absolute Gasteiger partial charge is 0.316 e. The van der Waals surface area contributed by atoms with Crippen LogP contribution in [0.25, 0.3) is 0 Å². The summed E-state index contributed by atoms with van der Waals surface area (Å²) in [4.78, 5) is 1.66. The molecule has 1 N–H and O–H groups in total. The molecule has 1 aromatic heterocycles. The molecule has 98 valence electrons. The van der Waals surface area contributed by atoms with E-state index in [1.807, 2.05) is 11.3 Å². The Morgan fingerprint density at radius 3 is 2.56 bits per heavy atom. The lowest BCUT2D eigenvalue weighted by Gasteiger charge is -2.60. The second-order valence-electron chi connectivity index (χ2n) is 6.69. The molecule has 4 aliphatic rings. The molecule has 4 aliphatic carbocycles.